The maximum absolute atomic E-state index is 11.0. The Kier molecular flexibility index (Phi) is 2.97. The number of hydrogen-bond acceptors (Lipinski definition) is 3. The van der Waals surface area contributed by atoms with Gasteiger partial charge in [-0.1, -0.05) is 0 Å². The number of Topliss-reactive ketones (excluding diaryl/α,β-unsaturated/α-hetero) is 1. The Morgan fingerprint density at radius 3 is 3.17 bits per heavy atom. The molecule has 12 heavy (non-hydrogen) atoms. The Morgan fingerprint density at radius 1 is 1.75 bits per heavy atom. The van der Waals surface area contributed by atoms with Gasteiger partial charge in [-0.05, 0) is 19.1 Å². The van der Waals surface area contributed by atoms with Gasteiger partial charge in [0.2, 0.25) is 0 Å². The van der Waals surface area contributed by atoms with Gasteiger partial charge >= 0.3 is 0 Å². The summed E-state index contributed by atoms with van der Waals surface area (Å²) in [6.07, 6.45) is 3.69. The number of furan rings is 1. The van der Waals surface area contributed by atoms with Crippen LogP contribution >= 0.6 is 0 Å². The second kappa shape index (κ2) is 4.24. The van der Waals surface area contributed by atoms with Gasteiger partial charge in [0.1, 0.15) is 6.11 Å². The van der Waals surface area contributed by atoms with E-state index >= 15 is 0 Å². The third-order valence-corrected chi connectivity index (χ3v) is 1.13. The predicted octanol–water partition coefficient (Wildman–Crippen LogP) is 1.46. The van der Waals surface area contributed by atoms with Crippen molar-refractivity contribution in [3.8, 4) is 12.0 Å². The molecule has 0 saturated heterocycles. The van der Waals surface area contributed by atoms with Gasteiger partial charge in [-0.3, -0.25) is 4.79 Å². The molecule has 0 fully saturated rings. The van der Waals surface area contributed by atoms with E-state index in [2.05, 4.69) is 16.8 Å². The third-order valence-electron chi connectivity index (χ3n) is 1.13. The molecule has 0 spiro atoms. The first-order chi connectivity index (χ1) is 5.84. The van der Waals surface area contributed by atoms with Gasteiger partial charge in [-0.15, -0.1) is 0 Å². The molecule has 3 nitrogen and oxygen atoms in total. The average Bonchev–Trinajstić information content (AvgIpc) is 2.56. The van der Waals surface area contributed by atoms with Crippen LogP contribution in [0, 0.1) is 12.0 Å². The van der Waals surface area contributed by atoms with E-state index in [4.69, 9.17) is 4.42 Å². The molecule has 62 valence electrons. The summed E-state index contributed by atoms with van der Waals surface area (Å²) in [5.74, 6) is 2.15. The van der Waals surface area contributed by atoms with Gasteiger partial charge in [0, 0.05) is 5.92 Å². The second-order valence-electron chi connectivity index (χ2n) is 1.97. The van der Waals surface area contributed by atoms with Crippen LogP contribution in [0.1, 0.15) is 17.5 Å². The Hall–Kier alpha value is -1.69. The highest BCUT2D eigenvalue weighted by atomic mass is 16.5. The molecule has 0 aromatic carbocycles. The molecule has 0 saturated carbocycles. The van der Waals surface area contributed by atoms with Crippen LogP contribution in [0.3, 0.4) is 0 Å². The lowest BCUT2D eigenvalue weighted by Crippen LogP contribution is -1.91. The molecule has 1 aromatic rings. The van der Waals surface area contributed by atoms with Crippen LogP contribution < -0.4 is 0 Å². The zero-order chi connectivity index (χ0) is 8.81. The maximum Gasteiger partial charge on any atom is 0.274 e. The van der Waals surface area contributed by atoms with Crippen LogP contribution in [0.5, 0.6) is 0 Å². The number of carbonyl (C=O) groups excluding carboxylic acids is 1. The average molecular weight is 164 g/mol. The molecule has 0 atom stereocenters. The molecular weight excluding hydrogens is 156 g/mol. The van der Waals surface area contributed by atoms with Crippen molar-refractivity contribution in [2.45, 2.75) is 6.92 Å². The molecule has 1 heterocycles. The molecule has 0 aliphatic heterocycles. The summed E-state index contributed by atoms with van der Waals surface area (Å²) >= 11 is 0. The first kappa shape index (κ1) is 8.41. The summed E-state index contributed by atoms with van der Waals surface area (Å²) < 4.78 is 9.50. The van der Waals surface area contributed by atoms with Crippen molar-refractivity contribution in [2.24, 2.45) is 0 Å². The fourth-order valence-corrected chi connectivity index (χ4v) is 0.624. The lowest BCUT2D eigenvalue weighted by molar-refractivity contribution is 0.103. The molecule has 0 aliphatic carbocycles. The fourth-order valence-electron chi connectivity index (χ4n) is 0.624. The Balaban J connectivity index is 2.57. The molecule has 0 radical (unpaired) electrons. The zero-order valence-corrected chi connectivity index (χ0v) is 6.66. The first-order valence-corrected chi connectivity index (χ1v) is 3.55. The van der Waals surface area contributed by atoms with Crippen molar-refractivity contribution < 1.29 is 13.9 Å². The highest BCUT2D eigenvalue weighted by molar-refractivity contribution is 6.06. The van der Waals surface area contributed by atoms with Crippen molar-refractivity contribution in [3.05, 3.63) is 24.2 Å². The lowest BCUT2D eigenvalue weighted by Gasteiger charge is -1.85. The molecule has 1 rings (SSSR count). The van der Waals surface area contributed by atoms with Crippen LogP contribution in [0.4, 0.5) is 0 Å². The van der Waals surface area contributed by atoms with Crippen LogP contribution in [0.2, 0.25) is 0 Å². The summed E-state index contributed by atoms with van der Waals surface area (Å²) in [6, 6.07) is 3.19. The quantitative estimate of drug-likeness (QED) is 0.490. The fraction of sp³-hybridized carbons (Fsp3) is 0.222. The van der Waals surface area contributed by atoms with E-state index in [0.29, 0.717) is 6.61 Å². The normalized spacial score (nSPS) is 8.42. The molecule has 0 unspecified atom stereocenters. The molecule has 0 aliphatic rings. The Labute approximate surface area is 70.3 Å². The van der Waals surface area contributed by atoms with Crippen molar-refractivity contribution >= 4 is 5.78 Å². The van der Waals surface area contributed by atoms with Crippen molar-refractivity contribution in [1.29, 1.82) is 0 Å². The zero-order valence-electron chi connectivity index (χ0n) is 6.66. The minimum atomic E-state index is -0.367. The first-order valence-electron chi connectivity index (χ1n) is 3.55. The molecule has 3 heteroatoms. The number of ether oxygens (including phenoxy) is 1. The van der Waals surface area contributed by atoms with E-state index in [1.807, 2.05) is 0 Å². The lowest BCUT2D eigenvalue weighted by atomic mass is 10.3. The van der Waals surface area contributed by atoms with Gasteiger partial charge in [0.25, 0.3) is 5.78 Å². The minimum absolute atomic E-state index is 0.238. The van der Waals surface area contributed by atoms with Crippen LogP contribution in [-0.2, 0) is 4.74 Å². The molecule has 1 aromatic heterocycles. The van der Waals surface area contributed by atoms with Crippen molar-refractivity contribution in [1.82, 2.24) is 0 Å². The summed E-state index contributed by atoms with van der Waals surface area (Å²) in [5.41, 5.74) is 0. The number of ketones is 1. The van der Waals surface area contributed by atoms with E-state index in [0.717, 1.165) is 0 Å². The SMILES string of the molecule is CCOC#CC(=O)c1ccco1. The predicted molar refractivity (Wildman–Crippen MR) is 42.4 cm³/mol. The highest BCUT2D eigenvalue weighted by Crippen LogP contribution is 1.99. The van der Waals surface area contributed by atoms with Gasteiger partial charge in [-0.25, -0.2) is 0 Å². The van der Waals surface area contributed by atoms with Gasteiger partial charge < -0.3 is 9.15 Å². The smallest absolute Gasteiger partial charge is 0.274 e. The van der Waals surface area contributed by atoms with Crippen molar-refractivity contribution in [2.75, 3.05) is 6.61 Å². The van der Waals surface area contributed by atoms with Crippen LogP contribution in [0.15, 0.2) is 22.8 Å². The Morgan fingerprint density at radius 2 is 2.58 bits per heavy atom. The minimum Gasteiger partial charge on any atom is -0.460 e. The van der Waals surface area contributed by atoms with E-state index in [1.54, 1.807) is 19.1 Å². The molecule has 0 amide bonds. The highest BCUT2D eigenvalue weighted by Gasteiger charge is 2.03. The number of hydrogen-bond donors (Lipinski definition) is 0. The topological polar surface area (TPSA) is 39.4 Å². The summed E-state index contributed by atoms with van der Waals surface area (Å²) in [6.45, 7) is 2.27. The second-order valence-corrected chi connectivity index (χ2v) is 1.97. The summed E-state index contributed by atoms with van der Waals surface area (Å²) in [5, 5.41) is 0. The van der Waals surface area contributed by atoms with E-state index < -0.39 is 0 Å². The van der Waals surface area contributed by atoms with Crippen molar-refractivity contribution in [3.63, 3.8) is 0 Å². The Bertz CT molecular complexity index is 300. The summed E-state index contributed by atoms with van der Waals surface area (Å²) in [7, 11) is 0. The standard InChI is InChI=1S/C9H8O3/c1-2-11-7-5-8(10)9-4-3-6-12-9/h3-4,6H,2H2,1H3. The number of rotatable bonds is 2. The van der Waals surface area contributed by atoms with Crippen LogP contribution in [-0.4, -0.2) is 12.4 Å². The monoisotopic (exact) mass is 164 g/mol. The van der Waals surface area contributed by atoms with E-state index in [-0.39, 0.29) is 11.5 Å². The van der Waals surface area contributed by atoms with E-state index in [9.17, 15) is 4.79 Å². The van der Waals surface area contributed by atoms with Gasteiger partial charge in [-0.2, -0.15) is 0 Å². The summed E-state index contributed by atoms with van der Waals surface area (Å²) in [4.78, 5) is 11.0. The van der Waals surface area contributed by atoms with Gasteiger partial charge in [0.05, 0.1) is 12.9 Å². The largest absolute Gasteiger partial charge is 0.460 e. The molecule has 0 N–H and O–H groups in total. The maximum atomic E-state index is 11.0. The molecule has 0 bridgehead atoms. The molecular formula is C9H8O3. The van der Waals surface area contributed by atoms with Crippen LogP contribution in [0.25, 0.3) is 0 Å². The third kappa shape index (κ3) is 2.17. The number of carbonyl (C=O) groups is 1. The van der Waals surface area contributed by atoms with E-state index in [1.165, 1.54) is 6.26 Å². The van der Waals surface area contributed by atoms with Gasteiger partial charge in [0.15, 0.2) is 5.76 Å².